The number of carbonyl (C=O) groups excluding carboxylic acids is 1. The van der Waals surface area contributed by atoms with Gasteiger partial charge in [0.25, 0.3) is 0 Å². The fraction of sp³-hybridized carbons (Fsp3) is 0.320. The summed E-state index contributed by atoms with van der Waals surface area (Å²) in [5.74, 6) is 0.221. The average Bonchev–Trinajstić information content (AvgIpc) is 3.29. The zero-order chi connectivity index (χ0) is 31.5. The number of nitrogens with zero attached hydrogens (tertiary/aromatic N) is 3. The van der Waals surface area contributed by atoms with Gasteiger partial charge in [-0.25, -0.2) is 14.8 Å². The van der Waals surface area contributed by atoms with Gasteiger partial charge in [0.1, 0.15) is 7.16 Å². The van der Waals surface area contributed by atoms with Crippen LogP contribution in [0.2, 0.25) is 1.41 Å². The number of alkyl halides is 2. The van der Waals surface area contributed by atoms with Gasteiger partial charge in [-0.15, -0.1) is 0 Å². The molecule has 2 heterocycles. The summed E-state index contributed by atoms with van der Waals surface area (Å²) in [5, 5.41) is 5.73. The van der Waals surface area contributed by atoms with Gasteiger partial charge < -0.3 is 25.6 Å². The first-order valence-corrected chi connectivity index (χ1v) is 10.6. The molecule has 2 amide bonds. The summed E-state index contributed by atoms with van der Waals surface area (Å²) in [6, 6.07) is 9.93. The Morgan fingerprint density at radius 1 is 1.20 bits per heavy atom. The van der Waals surface area contributed by atoms with Crippen molar-refractivity contribution < 1.29 is 29.3 Å². The molecule has 10 heteroatoms. The van der Waals surface area contributed by atoms with Crippen molar-refractivity contribution >= 4 is 23.4 Å². The Hall–Kier alpha value is -3.79. The number of urea groups is 1. The number of benzene rings is 2. The molecular formula is C25H26F2N6O2. The SMILES string of the molecule is [2H]C1N(C(=O)Nc2cc(Nc3ncc(-c4ccc(OC(F)F)cc4)cn3)ccc2C)CC2(N([2H])C1([2H])[2H])C([2H])([2H])C2([2H])[2H]. The quantitative estimate of drug-likeness (QED) is 0.463. The van der Waals surface area contributed by atoms with E-state index in [4.69, 9.17) is 11.0 Å². The second-order valence-electron chi connectivity index (χ2n) is 7.89. The number of halogens is 2. The Labute approximate surface area is 213 Å². The molecule has 1 aliphatic heterocycles. The fourth-order valence-electron chi connectivity index (χ4n) is 3.39. The lowest BCUT2D eigenvalue weighted by Crippen LogP contribution is -2.55. The Morgan fingerprint density at radius 2 is 1.94 bits per heavy atom. The summed E-state index contributed by atoms with van der Waals surface area (Å²) in [6.45, 7) is -6.75. The molecule has 182 valence electrons. The van der Waals surface area contributed by atoms with Crippen LogP contribution in [0.3, 0.4) is 0 Å². The first-order chi connectivity index (χ1) is 20.0. The van der Waals surface area contributed by atoms with Crippen molar-refractivity contribution in [1.29, 1.82) is 0 Å². The van der Waals surface area contributed by atoms with Gasteiger partial charge in [-0.05, 0) is 55.1 Å². The van der Waals surface area contributed by atoms with Crippen LogP contribution in [0.25, 0.3) is 11.1 Å². The van der Waals surface area contributed by atoms with E-state index in [-0.39, 0.29) is 22.7 Å². The van der Waals surface area contributed by atoms with E-state index in [2.05, 4.69) is 25.3 Å². The molecule has 0 bridgehead atoms. The van der Waals surface area contributed by atoms with Crippen molar-refractivity contribution in [3.63, 3.8) is 0 Å². The normalized spacial score (nSPS) is 26.6. The first-order valence-electron chi connectivity index (χ1n) is 14.6. The van der Waals surface area contributed by atoms with E-state index in [9.17, 15) is 13.6 Å². The Morgan fingerprint density at radius 3 is 2.63 bits per heavy atom. The van der Waals surface area contributed by atoms with Gasteiger partial charge in [0, 0.05) is 62.7 Å². The highest BCUT2D eigenvalue weighted by molar-refractivity contribution is 5.91. The van der Waals surface area contributed by atoms with Crippen LogP contribution in [0.4, 0.5) is 30.9 Å². The highest BCUT2D eigenvalue weighted by Gasteiger charge is 2.46. The molecule has 1 saturated heterocycles. The van der Waals surface area contributed by atoms with Crippen LogP contribution >= 0.6 is 0 Å². The van der Waals surface area contributed by atoms with E-state index in [0.29, 0.717) is 27.3 Å². The number of nitrogens with one attached hydrogen (secondary N) is 3. The first kappa shape index (κ1) is 15.3. The van der Waals surface area contributed by atoms with Crippen molar-refractivity contribution in [2.24, 2.45) is 0 Å². The maximum atomic E-state index is 13.3. The third-order valence-electron chi connectivity index (χ3n) is 5.34. The van der Waals surface area contributed by atoms with E-state index >= 15 is 0 Å². The van der Waals surface area contributed by atoms with Crippen LogP contribution in [-0.4, -0.2) is 52.6 Å². The Balaban J connectivity index is 1.30. The summed E-state index contributed by atoms with van der Waals surface area (Å²) in [7, 11) is 0. The third kappa shape index (κ3) is 5.48. The van der Waals surface area contributed by atoms with Crippen molar-refractivity contribution in [1.82, 2.24) is 20.2 Å². The summed E-state index contributed by atoms with van der Waals surface area (Å²) < 4.78 is 94.2. The number of hydrogen-bond donors (Lipinski definition) is 3. The molecule has 1 saturated carbocycles. The predicted molar refractivity (Wildman–Crippen MR) is 129 cm³/mol. The number of rotatable bonds is 6. The maximum Gasteiger partial charge on any atom is 0.387 e. The number of piperazine rings is 1. The van der Waals surface area contributed by atoms with Gasteiger partial charge in [-0.3, -0.25) is 0 Å². The number of aryl methyl sites for hydroxylation is 1. The summed E-state index contributed by atoms with van der Waals surface area (Å²) in [6.07, 6.45) is -2.21. The second kappa shape index (κ2) is 9.46. The lowest BCUT2D eigenvalue weighted by molar-refractivity contribution is -0.0498. The predicted octanol–water partition coefficient (Wildman–Crippen LogP) is 4.77. The molecule has 2 fully saturated rings. The van der Waals surface area contributed by atoms with Crippen LogP contribution in [-0.2, 0) is 0 Å². The molecule has 5 rings (SSSR count). The van der Waals surface area contributed by atoms with E-state index in [0.717, 1.165) is 0 Å². The number of anilines is 3. The molecule has 1 atom stereocenters. The molecule has 2 aromatic carbocycles. The summed E-state index contributed by atoms with van der Waals surface area (Å²) >= 11 is 0. The molecule has 3 aromatic rings. The van der Waals surface area contributed by atoms with E-state index in [1.807, 2.05) is 0 Å². The van der Waals surface area contributed by atoms with Gasteiger partial charge in [-0.2, -0.15) is 8.78 Å². The molecule has 35 heavy (non-hydrogen) atoms. The lowest BCUT2D eigenvalue weighted by Gasteiger charge is -2.34. The van der Waals surface area contributed by atoms with E-state index in [1.54, 1.807) is 37.3 Å². The smallest absolute Gasteiger partial charge is 0.387 e. The monoisotopic (exact) mass is 488 g/mol. The molecule has 1 aliphatic carbocycles. The standard InChI is InChI=1S/C25H26F2N6O2/c1-16-2-5-19(12-21(16)32-24(34)33-11-10-30-25(15-33)8-9-25)31-23-28-13-18(14-29-23)17-3-6-20(7-4-17)35-22(26)27/h2-7,12-14,22,30H,8-11,15H2,1H3,(H,32,34)(H,28,29,31)/i8D2,9D2,10D2,11D/hD. The molecule has 0 radical (unpaired) electrons. The van der Waals surface area contributed by atoms with E-state index < -0.39 is 50.5 Å². The highest BCUT2D eigenvalue weighted by atomic mass is 19.3. The minimum absolute atomic E-state index is 0.0182. The zero-order valence-electron chi connectivity index (χ0n) is 26.4. The van der Waals surface area contributed by atoms with Crippen LogP contribution in [0, 0.1) is 6.92 Å². The number of carbonyl (C=O) groups is 1. The van der Waals surface area contributed by atoms with Crippen LogP contribution < -0.4 is 20.7 Å². The number of hydrogen-bond acceptors (Lipinski definition) is 6. The minimum atomic E-state index is -2.93. The van der Waals surface area contributed by atoms with Crippen LogP contribution in [0.15, 0.2) is 54.9 Å². The molecule has 1 spiro atoms. The lowest BCUT2D eigenvalue weighted by atomic mass is 10.1. The van der Waals surface area contributed by atoms with Crippen molar-refractivity contribution in [2.45, 2.75) is 31.8 Å². The molecule has 8 nitrogen and oxygen atoms in total. The van der Waals surface area contributed by atoms with Gasteiger partial charge in [0.2, 0.25) is 5.95 Å². The summed E-state index contributed by atoms with van der Waals surface area (Å²) in [5.41, 5.74) is 0.334. The topological polar surface area (TPSA) is 91.4 Å². The minimum Gasteiger partial charge on any atom is -0.435 e. The van der Waals surface area contributed by atoms with E-state index in [1.165, 1.54) is 24.5 Å². The average molecular weight is 489 g/mol. The second-order valence-corrected chi connectivity index (χ2v) is 7.89. The summed E-state index contributed by atoms with van der Waals surface area (Å²) in [4.78, 5) is 22.5. The molecule has 3 N–H and O–H groups in total. The van der Waals surface area contributed by atoms with Gasteiger partial charge in [-0.1, -0.05) is 18.2 Å². The van der Waals surface area contributed by atoms with Gasteiger partial charge in [0.05, 0.1) is 1.37 Å². The molecule has 1 aromatic heterocycles. The van der Waals surface area contributed by atoms with Gasteiger partial charge in [0.15, 0.2) is 0 Å². The number of amides is 2. The van der Waals surface area contributed by atoms with Crippen LogP contribution in [0.5, 0.6) is 5.75 Å². The number of ether oxygens (including phenoxy) is 1. The fourth-order valence-corrected chi connectivity index (χ4v) is 3.39. The number of aromatic nitrogens is 2. The third-order valence-corrected chi connectivity index (χ3v) is 5.34. The molecule has 2 aliphatic rings. The van der Waals surface area contributed by atoms with Crippen molar-refractivity contribution in [3.8, 4) is 16.9 Å². The Bertz CT molecular complexity index is 1520. The largest absolute Gasteiger partial charge is 0.435 e. The Kier molecular flexibility index (Phi) is 4.12. The highest BCUT2D eigenvalue weighted by Crippen LogP contribution is 2.37. The van der Waals surface area contributed by atoms with Crippen LogP contribution in [0.1, 0.15) is 27.9 Å². The maximum absolute atomic E-state index is 13.3. The van der Waals surface area contributed by atoms with Gasteiger partial charge >= 0.3 is 12.6 Å². The van der Waals surface area contributed by atoms with Crippen molar-refractivity contribution in [3.05, 3.63) is 60.4 Å². The van der Waals surface area contributed by atoms with Crippen molar-refractivity contribution in [2.75, 3.05) is 30.2 Å². The zero-order valence-corrected chi connectivity index (χ0v) is 18.4. The molecule has 1 unspecified atom stereocenters. The molecular weight excluding hydrogens is 454 g/mol.